The van der Waals surface area contributed by atoms with E-state index in [-0.39, 0.29) is 11.6 Å². The summed E-state index contributed by atoms with van der Waals surface area (Å²) in [6, 6.07) is 0.188. The number of nitrogens with zero attached hydrogens (tertiary/aromatic N) is 2. The summed E-state index contributed by atoms with van der Waals surface area (Å²) in [5.74, 6) is 0. The van der Waals surface area contributed by atoms with Gasteiger partial charge in [0.05, 0.1) is 28.0 Å². The number of aromatic nitrogens is 2. The van der Waals surface area contributed by atoms with Gasteiger partial charge in [0.2, 0.25) is 0 Å². The summed E-state index contributed by atoms with van der Waals surface area (Å²) in [6.07, 6.45) is 7.73. The Balaban J connectivity index is 2.37. The molecule has 0 saturated heterocycles. The van der Waals surface area contributed by atoms with Crippen molar-refractivity contribution < 1.29 is 4.74 Å². The predicted octanol–water partition coefficient (Wildman–Crippen LogP) is 3.67. The van der Waals surface area contributed by atoms with Crippen molar-refractivity contribution in [3.05, 3.63) is 16.4 Å². The van der Waals surface area contributed by atoms with Crippen molar-refractivity contribution in [3.63, 3.8) is 0 Å². The largest absolute Gasteiger partial charge is 0.373 e. The van der Waals surface area contributed by atoms with Crippen LogP contribution in [0.4, 0.5) is 0 Å². The van der Waals surface area contributed by atoms with E-state index in [0.717, 1.165) is 36.9 Å². The maximum Gasteiger partial charge on any atom is 0.0891 e. The Kier molecular flexibility index (Phi) is 5.64. The fourth-order valence-corrected chi connectivity index (χ4v) is 4.00. The summed E-state index contributed by atoms with van der Waals surface area (Å²) >= 11 is 3.67. The van der Waals surface area contributed by atoms with Gasteiger partial charge in [-0.25, -0.2) is 0 Å². The lowest BCUT2D eigenvalue weighted by Crippen LogP contribution is -2.44. The first-order valence-corrected chi connectivity index (χ1v) is 8.50. The van der Waals surface area contributed by atoms with Crippen molar-refractivity contribution in [1.29, 1.82) is 0 Å². The Morgan fingerprint density at radius 3 is 2.70 bits per heavy atom. The Morgan fingerprint density at radius 1 is 1.45 bits per heavy atom. The van der Waals surface area contributed by atoms with Gasteiger partial charge in [0.15, 0.2) is 0 Å². The van der Waals surface area contributed by atoms with Crippen molar-refractivity contribution in [2.24, 2.45) is 0 Å². The molecular formula is C15H26BrN3O. The normalized spacial score (nSPS) is 19.4. The van der Waals surface area contributed by atoms with E-state index in [2.05, 4.69) is 44.9 Å². The first-order valence-electron chi connectivity index (χ1n) is 7.71. The van der Waals surface area contributed by atoms with Crippen molar-refractivity contribution in [3.8, 4) is 0 Å². The zero-order valence-electron chi connectivity index (χ0n) is 12.8. The lowest BCUT2D eigenvalue weighted by Gasteiger charge is -2.37. The number of hydrogen-bond acceptors (Lipinski definition) is 3. The van der Waals surface area contributed by atoms with E-state index >= 15 is 0 Å². The summed E-state index contributed by atoms with van der Waals surface area (Å²) in [5.41, 5.74) is 1.14. The number of likely N-dealkylation sites (N-methyl/N-ethyl adjacent to an activating group) is 1. The molecule has 0 bridgehead atoms. The van der Waals surface area contributed by atoms with Gasteiger partial charge in [-0.1, -0.05) is 19.8 Å². The molecule has 5 heteroatoms. The Hall–Kier alpha value is -0.390. The van der Waals surface area contributed by atoms with E-state index in [1.807, 2.05) is 13.2 Å². The van der Waals surface area contributed by atoms with Gasteiger partial charge in [-0.2, -0.15) is 5.10 Å². The quantitative estimate of drug-likeness (QED) is 0.820. The lowest BCUT2D eigenvalue weighted by atomic mass is 9.89. The van der Waals surface area contributed by atoms with Crippen molar-refractivity contribution in [1.82, 2.24) is 15.1 Å². The van der Waals surface area contributed by atoms with Crippen LogP contribution in [0.3, 0.4) is 0 Å². The fourth-order valence-electron chi connectivity index (χ4n) is 3.48. The predicted molar refractivity (Wildman–Crippen MR) is 84.8 cm³/mol. The van der Waals surface area contributed by atoms with Gasteiger partial charge in [0.25, 0.3) is 0 Å². The van der Waals surface area contributed by atoms with Crippen LogP contribution in [0.25, 0.3) is 0 Å². The number of halogens is 1. The monoisotopic (exact) mass is 343 g/mol. The molecule has 1 fully saturated rings. The molecule has 1 heterocycles. The second-order valence-electron chi connectivity index (χ2n) is 5.53. The van der Waals surface area contributed by atoms with E-state index in [9.17, 15) is 0 Å². The van der Waals surface area contributed by atoms with Crippen LogP contribution in [0.15, 0.2) is 10.7 Å². The second kappa shape index (κ2) is 7.05. The molecule has 1 aliphatic carbocycles. The van der Waals surface area contributed by atoms with Gasteiger partial charge in [0.1, 0.15) is 0 Å². The highest BCUT2D eigenvalue weighted by Crippen LogP contribution is 2.44. The van der Waals surface area contributed by atoms with Crippen LogP contribution in [-0.4, -0.2) is 29.0 Å². The molecule has 0 amide bonds. The highest BCUT2D eigenvalue weighted by atomic mass is 79.9. The lowest BCUT2D eigenvalue weighted by molar-refractivity contribution is -0.0630. The smallest absolute Gasteiger partial charge is 0.0891 e. The maximum atomic E-state index is 6.23. The minimum atomic E-state index is -0.0858. The average molecular weight is 344 g/mol. The van der Waals surface area contributed by atoms with Crippen LogP contribution in [0.1, 0.15) is 57.7 Å². The molecule has 0 aromatic carbocycles. The van der Waals surface area contributed by atoms with E-state index in [1.165, 1.54) is 18.5 Å². The van der Waals surface area contributed by atoms with Crippen LogP contribution >= 0.6 is 15.9 Å². The van der Waals surface area contributed by atoms with Gasteiger partial charge in [0, 0.05) is 13.2 Å². The molecule has 20 heavy (non-hydrogen) atoms. The van der Waals surface area contributed by atoms with Crippen molar-refractivity contribution in [2.45, 2.75) is 64.1 Å². The van der Waals surface area contributed by atoms with Crippen molar-refractivity contribution in [2.75, 3.05) is 13.7 Å². The number of aryl methyl sites for hydroxylation is 1. The molecule has 1 atom stereocenters. The third-order valence-electron chi connectivity index (χ3n) is 4.24. The molecule has 2 rings (SSSR count). The molecule has 4 nitrogen and oxygen atoms in total. The molecule has 1 aliphatic rings. The molecule has 1 N–H and O–H groups in total. The summed E-state index contributed by atoms with van der Waals surface area (Å²) in [7, 11) is 2.03. The molecule has 1 aromatic rings. The Labute approximate surface area is 130 Å². The Bertz CT molecular complexity index is 427. The summed E-state index contributed by atoms with van der Waals surface area (Å²) in [6.45, 7) is 5.98. The van der Waals surface area contributed by atoms with Crippen LogP contribution in [-0.2, 0) is 11.3 Å². The summed E-state index contributed by atoms with van der Waals surface area (Å²) in [4.78, 5) is 0. The van der Waals surface area contributed by atoms with Crippen molar-refractivity contribution >= 4 is 15.9 Å². The third kappa shape index (κ3) is 2.95. The van der Waals surface area contributed by atoms with Crippen LogP contribution in [0.2, 0.25) is 0 Å². The molecular weight excluding hydrogens is 318 g/mol. The Morgan fingerprint density at radius 2 is 2.15 bits per heavy atom. The minimum absolute atomic E-state index is 0.0858. The van der Waals surface area contributed by atoms with E-state index in [4.69, 9.17) is 4.74 Å². The standard InChI is InChI=1S/C15H26BrN3O/c1-4-10-19-13(12(16)11-18-19)14(17-3)15(20-5-2)8-6-7-9-15/h11,14,17H,4-10H2,1-3H3. The SMILES string of the molecule is CCCn1ncc(Br)c1C(NC)C1(OCC)CCCC1. The molecule has 1 unspecified atom stereocenters. The van der Waals surface area contributed by atoms with Gasteiger partial charge in [-0.05, 0) is 49.2 Å². The zero-order valence-corrected chi connectivity index (χ0v) is 14.4. The van der Waals surface area contributed by atoms with Gasteiger partial charge >= 0.3 is 0 Å². The highest BCUT2D eigenvalue weighted by Gasteiger charge is 2.44. The highest BCUT2D eigenvalue weighted by molar-refractivity contribution is 9.10. The van der Waals surface area contributed by atoms with E-state index in [0.29, 0.717) is 0 Å². The number of ether oxygens (including phenoxy) is 1. The zero-order chi connectivity index (χ0) is 14.6. The van der Waals surface area contributed by atoms with Gasteiger partial charge in [-0.3, -0.25) is 4.68 Å². The van der Waals surface area contributed by atoms with Crippen LogP contribution in [0.5, 0.6) is 0 Å². The maximum absolute atomic E-state index is 6.23. The van der Waals surface area contributed by atoms with E-state index in [1.54, 1.807) is 0 Å². The minimum Gasteiger partial charge on any atom is -0.373 e. The molecule has 1 saturated carbocycles. The topological polar surface area (TPSA) is 39.1 Å². The summed E-state index contributed by atoms with van der Waals surface area (Å²) < 4.78 is 9.43. The number of hydrogen-bond donors (Lipinski definition) is 1. The summed E-state index contributed by atoms with van der Waals surface area (Å²) in [5, 5.41) is 8.01. The fraction of sp³-hybridized carbons (Fsp3) is 0.800. The van der Waals surface area contributed by atoms with Crippen LogP contribution in [0, 0.1) is 0 Å². The number of nitrogens with one attached hydrogen (secondary N) is 1. The van der Waals surface area contributed by atoms with Crippen LogP contribution < -0.4 is 5.32 Å². The number of rotatable bonds is 7. The first kappa shape index (κ1) is 16.0. The van der Waals surface area contributed by atoms with E-state index < -0.39 is 0 Å². The first-order chi connectivity index (χ1) is 9.68. The molecule has 0 spiro atoms. The molecule has 0 radical (unpaired) electrons. The molecule has 114 valence electrons. The molecule has 0 aliphatic heterocycles. The molecule has 1 aromatic heterocycles. The van der Waals surface area contributed by atoms with Gasteiger partial charge in [-0.15, -0.1) is 0 Å². The average Bonchev–Trinajstić information content (AvgIpc) is 3.03. The third-order valence-corrected chi connectivity index (χ3v) is 4.85. The second-order valence-corrected chi connectivity index (χ2v) is 6.38. The van der Waals surface area contributed by atoms with Gasteiger partial charge < -0.3 is 10.1 Å².